The lowest BCUT2D eigenvalue weighted by molar-refractivity contribution is 0.409. The van der Waals surface area contributed by atoms with Crippen LogP contribution in [0.25, 0.3) is 28.1 Å². The van der Waals surface area contributed by atoms with Crippen LogP contribution in [0.5, 0.6) is 11.5 Å². The number of ether oxygens (including phenoxy) is 1. The van der Waals surface area contributed by atoms with Crippen LogP contribution < -0.4 is 4.74 Å². The molecule has 0 saturated heterocycles. The summed E-state index contributed by atoms with van der Waals surface area (Å²) in [4.78, 5) is 0. The first-order valence-corrected chi connectivity index (χ1v) is 11.3. The number of benzene rings is 3. The van der Waals surface area contributed by atoms with Gasteiger partial charge in [0, 0.05) is 28.1 Å². The van der Waals surface area contributed by atoms with Gasteiger partial charge in [-0.2, -0.15) is 0 Å². The van der Waals surface area contributed by atoms with Crippen molar-refractivity contribution in [2.45, 2.75) is 39.5 Å². The molecule has 1 aromatic heterocycles. The minimum Gasteiger partial charge on any atom is -0.508 e. The van der Waals surface area contributed by atoms with Crippen LogP contribution >= 0.6 is 0 Å². The van der Waals surface area contributed by atoms with E-state index >= 15 is 0 Å². The first kappa shape index (κ1) is 20.4. The highest BCUT2D eigenvalue weighted by Crippen LogP contribution is 2.48. The van der Waals surface area contributed by atoms with E-state index in [1.54, 1.807) is 19.2 Å². The molecule has 1 heterocycles. The fraction of sp³-hybridized carbons (Fsp3) is 0.241. The first-order chi connectivity index (χ1) is 15.5. The lowest BCUT2D eigenvalue weighted by Gasteiger charge is -2.22. The van der Waals surface area contributed by atoms with Gasteiger partial charge in [0.05, 0.1) is 12.8 Å². The molecular formula is C29H29NO2. The predicted octanol–water partition coefficient (Wildman–Crippen LogP) is 7.06. The number of aromatic nitrogens is 1. The highest BCUT2D eigenvalue weighted by molar-refractivity contribution is 5.91. The van der Waals surface area contributed by atoms with Crippen molar-refractivity contribution in [3.8, 4) is 39.6 Å². The molecule has 3 nitrogen and oxygen atoms in total. The van der Waals surface area contributed by atoms with Gasteiger partial charge < -0.3 is 14.4 Å². The van der Waals surface area contributed by atoms with E-state index in [4.69, 9.17) is 4.74 Å². The third kappa shape index (κ3) is 3.12. The molecule has 1 N–H and O–H groups in total. The molecule has 0 aliphatic heterocycles. The molecular weight excluding hydrogens is 394 g/mol. The Kier molecular flexibility index (Phi) is 5.05. The van der Waals surface area contributed by atoms with E-state index in [1.165, 1.54) is 44.8 Å². The number of fused-ring (bicyclic) bond motifs is 3. The van der Waals surface area contributed by atoms with Gasteiger partial charge in [-0.05, 0) is 72.7 Å². The summed E-state index contributed by atoms with van der Waals surface area (Å²) in [5.74, 6) is 1.65. The fourth-order valence-corrected chi connectivity index (χ4v) is 5.23. The number of phenolic OH excluding ortho intramolecular Hbond substituents is 1. The van der Waals surface area contributed by atoms with Gasteiger partial charge in [0.25, 0.3) is 0 Å². The highest BCUT2D eigenvalue weighted by atomic mass is 16.5. The summed E-state index contributed by atoms with van der Waals surface area (Å²) in [6, 6.07) is 22.7. The zero-order valence-electron chi connectivity index (χ0n) is 19.1. The van der Waals surface area contributed by atoms with Crippen molar-refractivity contribution in [3.63, 3.8) is 0 Å². The molecule has 5 rings (SSSR count). The molecule has 3 heteroatoms. The zero-order chi connectivity index (χ0) is 22.4. The Morgan fingerprint density at radius 3 is 2.25 bits per heavy atom. The largest absolute Gasteiger partial charge is 0.508 e. The predicted molar refractivity (Wildman–Crippen MR) is 131 cm³/mol. The summed E-state index contributed by atoms with van der Waals surface area (Å²) in [6.07, 6.45) is 1.95. The van der Waals surface area contributed by atoms with Crippen molar-refractivity contribution >= 4 is 0 Å². The molecule has 162 valence electrons. The molecule has 0 spiro atoms. The average Bonchev–Trinajstić information content (AvgIpc) is 3.11. The Labute approximate surface area is 189 Å². The van der Waals surface area contributed by atoms with Gasteiger partial charge in [0.15, 0.2) is 0 Å². The van der Waals surface area contributed by atoms with Gasteiger partial charge in [-0.3, -0.25) is 0 Å². The van der Waals surface area contributed by atoms with Crippen LogP contribution in [0.3, 0.4) is 0 Å². The Morgan fingerprint density at radius 1 is 0.844 bits per heavy atom. The van der Waals surface area contributed by atoms with E-state index in [9.17, 15) is 5.11 Å². The molecule has 0 saturated carbocycles. The van der Waals surface area contributed by atoms with E-state index in [0.29, 0.717) is 5.92 Å². The number of hydrogen-bond donors (Lipinski definition) is 1. The molecule has 3 aromatic carbocycles. The Morgan fingerprint density at radius 2 is 1.53 bits per heavy atom. The van der Waals surface area contributed by atoms with E-state index < -0.39 is 0 Å². The number of aromatic hydroxyl groups is 1. The van der Waals surface area contributed by atoms with Gasteiger partial charge in [-0.15, -0.1) is 0 Å². The maximum atomic E-state index is 9.90. The second-order valence-electron chi connectivity index (χ2n) is 8.87. The molecule has 32 heavy (non-hydrogen) atoms. The summed E-state index contributed by atoms with van der Waals surface area (Å²) in [5, 5.41) is 9.90. The van der Waals surface area contributed by atoms with Crippen LogP contribution in [0.4, 0.5) is 0 Å². The van der Waals surface area contributed by atoms with Crippen molar-refractivity contribution in [1.82, 2.24) is 4.57 Å². The summed E-state index contributed by atoms with van der Waals surface area (Å²) >= 11 is 0. The van der Waals surface area contributed by atoms with Gasteiger partial charge in [0.2, 0.25) is 0 Å². The van der Waals surface area contributed by atoms with Crippen LogP contribution in [0.2, 0.25) is 0 Å². The minimum atomic E-state index is 0.280. The summed E-state index contributed by atoms with van der Waals surface area (Å²) in [7, 11) is 1.76. The standard InChI is InChI=1S/C29H29NO2/c1-18(2)22-8-5-6-9-26(22)29-28-23(16-17-24-25(28)10-7-11-27(24)32-4)19(3)30(29)20-12-14-21(31)15-13-20/h5-15,18,31H,16-17H2,1-4H3. The van der Waals surface area contributed by atoms with Crippen LogP contribution in [0.15, 0.2) is 66.7 Å². The number of rotatable bonds is 4. The zero-order valence-corrected chi connectivity index (χ0v) is 19.1. The maximum absolute atomic E-state index is 9.90. The Hall–Kier alpha value is -3.46. The molecule has 0 unspecified atom stereocenters. The smallest absolute Gasteiger partial charge is 0.122 e. The van der Waals surface area contributed by atoms with E-state index in [2.05, 4.69) is 67.8 Å². The van der Waals surface area contributed by atoms with E-state index in [-0.39, 0.29) is 5.75 Å². The molecule has 0 radical (unpaired) electrons. The van der Waals surface area contributed by atoms with Crippen molar-refractivity contribution in [2.75, 3.05) is 7.11 Å². The maximum Gasteiger partial charge on any atom is 0.122 e. The van der Waals surface area contributed by atoms with Crippen molar-refractivity contribution in [3.05, 3.63) is 89.1 Å². The third-order valence-corrected chi connectivity index (χ3v) is 6.73. The summed E-state index contributed by atoms with van der Waals surface area (Å²) in [6.45, 7) is 6.73. The Bertz CT molecular complexity index is 1300. The van der Waals surface area contributed by atoms with Crippen LogP contribution in [0.1, 0.15) is 42.1 Å². The van der Waals surface area contributed by atoms with Crippen LogP contribution in [-0.2, 0) is 12.8 Å². The van der Waals surface area contributed by atoms with E-state index in [0.717, 1.165) is 24.3 Å². The third-order valence-electron chi connectivity index (χ3n) is 6.73. The van der Waals surface area contributed by atoms with Gasteiger partial charge in [-0.25, -0.2) is 0 Å². The Balaban J connectivity index is 1.91. The number of phenols is 1. The van der Waals surface area contributed by atoms with Crippen molar-refractivity contribution in [1.29, 1.82) is 0 Å². The van der Waals surface area contributed by atoms with Crippen LogP contribution in [-0.4, -0.2) is 16.8 Å². The summed E-state index contributed by atoms with van der Waals surface area (Å²) < 4.78 is 8.11. The fourth-order valence-electron chi connectivity index (χ4n) is 5.23. The monoisotopic (exact) mass is 423 g/mol. The molecule has 4 aromatic rings. The second kappa shape index (κ2) is 7.90. The van der Waals surface area contributed by atoms with Gasteiger partial charge in [0.1, 0.15) is 11.5 Å². The van der Waals surface area contributed by atoms with Gasteiger partial charge >= 0.3 is 0 Å². The molecule has 0 bridgehead atoms. The van der Waals surface area contributed by atoms with Gasteiger partial charge in [-0.1, -0.05) is 50.2 Å². The molecule has 0 atom stereocenters. The quantitative estimate of drug-likeness (QED) is 0.381. The second-order valence-corrected chi connectivity index (χ2v) is 8.87. The van der Waals surface area contributed by atoms with Crippen LogP contribution in [0, 0.1) is 6.92 Å². The average molecular weight is 424 g/mol. The molecule has 1 aliphatic carbocycles. The lowest BCUT2D eigenvalue weighted by atomic mass is 9.83. The van der Waals surface area contributed by atoms with Crippen molar-refractivity contribution in [2.24, 2.45) is 0 Å². The number of nitrogens with zero attached hydrogens (tertiary/aromatic N) is 1. The topological polar surface area (TPSA) is 34.4 Å². The molecule has 0 amide bonds. The molecule has 0 fully saturated rings. The van der Waals surface area contributed by atoms with E-state index in [1.807, 2.05) is 12.1 Å². The normalized spacial score (nSPS) is 12.5. The summed E-state index contributed by atoms with van der Waals surface area (Å²) in [5.41, 5.74) is 11.4. The first-order valence-electron chi connectivity index (χ1n) is 11.3. The minimum absolute atomic E-state index is 0.280. The van der Waals surface area contributed by atoms with Crippen molar-refractivity contribution < 1.29 is 9.84 Å². The molecule has 1 aliphatic rings. The SMILES string of the molecule is COc1cccc2c1CCc1c-2c(-c2ccccc2C(C)C)n(-c2ccc(O)cc2)c1C. The highest BCUT2D eigenvalue weighted by Gasteiger charge is 2.30. The number of hydrogen-bond acceptors (Lipinski definition) is 2. The number of methoxy groups -OCH3 is 1. The lowest BCUT2D eigenvalue weighted by Crippen LogP contribution is -2.05.